The highest BCUT2D eigenvalue weighted by Crippen LogP contribution is 2.41. The molecule has 10 heteroatoms. The van der Waals surface area contributed by atoms with Gasteiger partial charge in [0.25, 0.3) is 0 Å². The van der Waals surface area contributed by atoms with Crippen LogP contribution in [0, 0.1) is 5.41 Å². The quantitative estimate of drug-likeness (QED) is 0.522. The molecular weight excluding hydrogens is 431 g/mol. The zero-order valence-electron chi connectivity index (χ0n) is 18.4. The Labute approximate surface area is 188 Å². The van der Waals surface area contributed by atoms with Crippen molar-refractivity contribution < 1.29 is 13.2 Å². The summed E-state index contributed by atoms with van der Waals surface area (Å²) in [5.41, 5.74) is 8.23. The molecule has 0 amide bonds. The maximum absolute atomic E-state index is 13.6. The van der Waals surface area contributed by atoms with E-state index in [-0.39, 0.29) is 11.3 Å². The number of aromatic nitrogens is 3. The molecule has 4 N–H and O–H groups in total. The normalized spacial score (nSPS) is 18.5. The van der Waals surface area contributed by atoms with Gasteiger partial charge in [0, 0.05) is 48.7 Å². The summed E-state index contributed by atoms with van der Waals surface area (Å²) in [5.74, 6) is 0. The van der Waals surface area contributed by atoms with E-state index >= 15 is 0 Å². The van der Waals surface area contributed by atoms with Crippen molar-refractivity contribution in [1.29, 1.82) is 5.41 Å². The van der Waals surface area contributed by atoms with Gasteiger partial charge >= 0.3 is 6.18 Å². The minimum atomic E-state index is -4.74. The average molecular weight is 458 g/mol. The summed E-state index contributed by atoms with van der Waals surface area (Å²) >= 11 is 0. The molecule has 0 radical (unpaired) electrons. The number of allylic oxidation sites excluding steroid dienone is 2. The molecule has 5 rings (SSSR count). The number of aromatic amines is 1. The van der Waals surface area contributed by atoms with Crippen LogP contribution in [-0.2, 0) is 12.8 Å². The number of halogens is 3. The van der Waals surface area contributed by atoms with Crippen LogP contribution in [0.4, 0.5) is 18.9 Å². The minimum absolute atomic E-state index is 0.181. The van der Waals surface area contributed by atoms with Crippen LogP contribution < -0.4 is 10.6 Å². The second kappa shape index (κ2) is 8.02. The van der Waals surface area contributed by atoms with Crippen molar-refractivity contribution in [3.8, 4) is 0 Å². The number of alkyl halides is 3. The molecule has 0 saturated carbocycles. The van der Waals surface area contributed by atoms with Crippen molar-refractivity contribution in [2.75, 3.05) is 38.1 Å². The van der Waals surface area contributed by atoms with Crippen molar-refractivity contribution in [3.63, 3.8) is 0 Å². The molecule has 1 fully saturated rings. The molecule has 3 heterocycles. The van der Waals surface area contributed by atoms with E-state index in [1.807, 2.05) is 6.07 Å². The second-order valence-electron chi connectivity index (χ2n) is 8.83. The number of piperazine rings is 1. The number of pyridine rings is 1. The van der Waals surface area contributed by atoms with Gasteiger partial charge in [-0.3, -0.25) is 5.10 Å². The highest BCUT2D eigenvalue weighted by Gasteiger charge is 2.36. The summed E-state index contributed by atoms with van der Waals surface area (Å²) in [4.78, 5) is 9.31. The fourth-order valence-electron chi connectivity index (χ4n) is 5.04. The molecule has 1 saturated heterocycles. The van der Waals surface area contributed by atoms with Gasteiger partial charge in [-0.25, -0.2) is 4.98 Å². The Balaban J connectivity index is 1.86. The van der Waals surface area contributed by atoms with E-state index in [9.17, 15) is 13.2 Å². The Morgan fingerprint density at radius 3 is 2.52 bits per heavy atom. The Kier molecular flexibility index (Phi) is 5.27. The maximum atomic E-state index is 13.6. The molecule has 2 aliphatic rings. The first-order valence-electron chi connectivity index (χ1n) is 11.1. The Morgan fingerprint density at radius 2 is 1.85 bits per heavy atom. The molecule has 0 spiro atoms. The molecule has 0 bridgehead atoms. The minimum Gasteiger partial charge on any atom is -0.394 e. The van der Waals surface area contributed by atoms with E-state index in [2.05, 4.69) is 27.0 Å². The summed E-state index contributed by atoms with van der Waals surface area (Å²) in [7, 11) is 2.07. The van der Waals surface area contributed by atoms with Crippen LogP contribution in [0.15, 0.2) is 18.0 Å². The SMILES string of the molecule is CN1CCN(c2cc3[nH]ncc3c3c4c(c(C(C=N)=C(N)C(F)(F)F)nc23)CCCC4)CC1. The molecule has 0 atom stereocenters. The Bertz CT molecular complexity index is 1270. The van der Waals surface area contributed by atoms with Gasteiger partial charge < -0.3 is 20.9 Å². The number of anilines is 1. The summed E-state index contributed by atoms with van der Waals surface area (Å²) in [6, 6.07) is 1.99. The first-order valence-corrected chi connectivity index (χ1v) is 11.1. The molecule has 33 heavy (non-hydrogen) atoms. The van der Waals surface area contributed by atoms with Crippen LogP contribution in [0.1, 0.15) is 29.7 Å². The molecular formula is C23H26F3N7. The average Bonchev–Trinajstić information content (AvgIpc) is 3.27. The summed E-state index contributed by atoms with van der Waals surface area (Å²) in [6.07, 6.45) is 0.870. The number of benzene rings is 1. The monoisotopic (exact) mass is 457 g/mol. The van der Waals surface area contributed by atoms with Crippen LogP contribution >= 0.6 is 0 Å². The zero-order valence-corrected chi connectivity index (χ0v) is 18.4. The summed E-state index contributed by atoms with van der Waals surface area (Å²) < 4.78 is 40.7. The van der Waals surface area contributed by atoms with E-state index < -0.39 is 11.9 Å². The third-order valence-electron chi connectivity index (χ3n) is 6.82. The van der Waals surface area contributed by atoms with E-state index in [4.69, 9.17) is 16.1 Å². The lowest BCUT2D eigenvalue weighted by atomic mass is 9.85. The molecule has 1 aromatic carbocycles. The molecule has 174 valence electrons. The van der Waals surface area contributed by atoms with Gasteiger partial charge in [0.05, 0.1) is 28.6 Å². The van der Waals surface area contributed by atoms with Crippen LogP contribution in [0.2, 0.25) is 0 Å². The lowest BCUT2D eigenvalue weighted by Gasteiger charge is -2.35. The highest BCUT2D eigenvalue weighted by atomic mass is 19.4. The van der Waals surface area contributed by atoms with Gasteiger partial charge in [-0.15, -0.1) is 0 Å². The van der Waals surface area contributed by atoms with E-state index in [0.29, 0.717) is 18.2 Å². The number of aryl methyl sites for hydroxylation is 1. The van der Waals surface area contributed by atoms with Crippen molar-refractivity contribution in [3.05, 3.63) is 34.8 Å². The summed E-state index contributed by atoms with van der Waals surface area (Å²) in [6.45, 7) is 3.34. The smallest absolute Gasteiger partial charge is 0.394 e. The largest absolute Gasteiger partial charge is 0.431 e. The van der Waals surface area contributed by atoms with E-state index in [1.54, 1.807) is 6.20 Å². The predicted octanol–water partition coefficient (Wildman–Crippen LogP) is 3.62. The number of hydrogen-bond donors (Lipinski definition) is 3. The molecule has 1 aliphatic heterocycles. The van der Waals surface area contributed by atoms with Crippen LogP contribution in [0.5, 0.6) is 0 Å². The number of likely N-dealkylation sites (N-methyl/N-ethyl adjacent to an activating group) is 1. The lowest BCUT2D eigenvalue weighted by Crippen LogP contribution is -2.44. The lowest BCUT2D eigenvalue weighted by molar-refractivity contribution is -0.0919. The van der Waals surface area contributed by atoms with Crippen LogP contribution in [0.25, 0.3) is 27.4 Å². The zero-order chi connectivity index (χ0) is 23.3. The van der Waals surface area contributed by atoms with Crippen molar-refractivity contribution in [2.45, 2.75) is 31.9 Å². The summed E-state index contributed by atoms with van der Waals surface area (Å²) in [5, 5.41) is 16.9. The van der Waals surface area contributed by atoms with Crippen molar-refractivity contribution >= 4 is 39.3 Å². The Hall–Kier alpha value is -3.14. The van der Waals surface area contributed by atoms with Gasteiger partial charge in [-0.1, -0.05) is 0 Å². The van der Waals surface area contributed by atoms with Crippen LogP contribution in [0.3, 0.4) is 0 Å². The molecule has 0 unspecified atom stereocenters. The number of fused-ring (bicyclic) bond motifs is 5. The second-order valence-corrected chi connectivity index (χ2v) is 8.83. The van der Waals surface area contributed by atoms with Crippen molar-refractivity contribution in [1.82, 2.24) is 20.1 Å². The maximum Gasteiger partial charge on any atom is 0.431 e. The highest BCUT2D eigenvalue weighted by molar-refractivity contribution is 6.15. The number of nitrogens with zero attached hydrogens (tertiary/aromatic N) is 4. The topological polar surface area (TPSA) is 97.9 Å². The number of H-pyrrole nitrogens is 1. The van der Waals surface area contributed by atoms with Gasteiger partial charge in [0.15, 0.2) is 0 Å². The fourth-order valence-corrected chi connectivity index (χ4v) is 5.04. The van der Waals surface area contributed by atoms with Gasteiger partial charge in [-0.05, 0) is 49.9 Å². The first kappa shape index (κ1) is 21.7. The van der Waals surface area contributed by atoms with E-state index in [1.165, 1.54) is 0 Å². The third-order valence-corrected chi connectivity index (χ3v) is 6.82. The van der Waals surface area contributed by atoms with Gasteiger partial charge in [0.2, 0.25) is 0 Å². The molecule has 7 nitrogen and oxygen atoms in total. The van der Waals surface area contributed by atoms with Gasteiger partial charge in [0.1, 0.15) is 5.70 Å². The number of rotatable bonds is 3. The van der Waals surface area contributed by atoms with Crippen LogP contribution in [-0.4, -0.2) is 65.7 Å². The van der Waals surface area contributed by atoms with E-state index in [0.717, 1.165) is 78.5 Å². The standard InChI is InChI=1S/C23H26F3N7/c1-32-6-8-33(9-7-32)18-10-17-16(12-29-31-17)19-13-4-2-3-5-14(13)20(30-21(18)19)15(11-27)22(28)23(24,25)26/h10-12,27H,2-9,28H2,1H3,(H,29,31). The fraction of sp³-hybridized carbons (Fsp3) is 0.435. The predicted molar refractivity (Wildman–Crippen MR) is 124 cm³/mol. The molecule has 2 aromatic heterocycles. The molecule has 3 aromatic rings. The van der Waals surface area contributed by atoms with Gasteiger partial charge in [-0.2, -0.15) is 18.3 Å². The van der Waals surface area contributed by atoms with Crippen molar-refractivity contribution in [2.24, 2.45) is 5.73 Å². The first-order chi connectivity index (χ1) is 15.8. The number of hydrogen-bond acceptors (Lipinski definition) is 6. The number of nitrogens with one attached hydrogen (secondary N) is 2. The third kappa shape index (κ3) is 3.62. The Morgan fingerprint density at radius 1 is 1.15 bits per heavy atom. The molecule has 1 aliphatic carbocycles. The number of nitrogens with two attached hydrogens (primary N) is 1.